The molecule has 6 nitrogen and oxygen atoms in total. The summed E-state index contributed by atoms with van der Waals surface area (Å²) in [6.07, 6.45) is 0. The Morgan fingerprint density at radius 1 is 1.42 bits per heavy atom. The predicted octanol–water partition coefficient (Wildman–Crippen LogP) is 0.665. The molecule has 0 spiro atoms. The SMILES string of the molecule is COc1ccc(C(=O)NCCOCC(=O)O)cc1F. The van der Waals surface area contributed by atoms with Crippen LogP contribution in [-0.2, 0) is 9.53 Å². The largest absolute Gasteiger partial charge is 0.494 e. The van der Waals surface area contributed by atoms with Crippen molar-refractivity contribution in [1.82, 2.24) is 5.32 Å². The lowest BCUT2D eigenvalue weighted by Gasteiger charge is -2.07. The minimum absolute atomic E-state index is 0.0568. The van der Waals surface area contributed by atoms with E-state index < -0.39 is 24.3 Å². The number of carboxylic acids is 1. The van der Waals surface area contributed by atoms with Crippen LogP contribution in [0.5, 0.6) is 5.75 Å². The number of nitrogens with one attached hydrogen (secondary N) is 1. The Bertz CT molecular complexity index is 463. The minimum Gasteiger partial charge on any atom is -0.494 e. The van der Waals surface area contributed by atoms with E-state index in [0.29, 0.717) is 0 Å². The van der Waals surface area contributed by atoms with E-state index in [-0.39, 0.29) is 24.5 Å². The molecule has 104 valence electrons. The quantitative estimate of drug-likeness (QED) is 0.712. The van der Waals surface area contributed by atoms with E-state index in [1.807, 2.05) is 0 Å². The summed E-state index contributed by atoms with van der Waals surface area (Å²) in [5, 5.41) is 10.8. The Morgan fingerprint density at radius 2 is 2.16 bits per heavy atom. The van der Waals surface area contributed by atoms with Crippen LogP contribution in [0.3, 0.4) is 0 Å². The summed E-state index contributed by atoms with van der Waals surface area (Å²) in [5.74, 6) is -2.12. The summed E-state index contributed by atoms with van der Waals surface area (Å²) in [7, 11) is 1.33. The normalized spacial score (nSPS) is 10.0. The van der Waals surface area contributed by atoms with E-state index in [1.165, 1.54) is 19.2 Å². The summed E-state index contributed by atoms with van der Waals surface area (Å²) < 4.78 is 22.8. The standard InChI is InChI=1S/C12H14FNO5/c1-18-10-3-2-8(6-9(10)13)12(17)14-4-5-19-7-11(15)16/h2-3,6H,4-5,7H2,1H3,(H,14,17)(H,15,16). The van der Waals surface area contributed by atoms with Crippen molar-refractivity contribution in [2.24, 2.45) is 0 Å². The van der Waals surface area contributed by atoms with Gasteiger partial charge in [0.05, 0.1) is 13.7 Å². The summed E-state index contributed by atoms with van der Waals surface area (Å²) in [6.45, 7) is -0.219. The third-order valence-corrected chi connectivity index (χ3v) is 2.17. The molecule has 0 heterocycles. The molecule has 1 rings (SSSR count). The fourth-order valence-corrected chi connectivity index (χ4v) is 1.31. The molecule has 1 amide bonds. The highest BCUT2D eigenvalue weighted by molar-refractivity contribution is 5.94. The molecule has 0 atom stereocenters. The third-order valence-electron chi connectivity index (χ3n) is 2.17. The summed E-state index contributed by atoms with van der Waals surface area (Å²) in [6, 6.07) is 3.84. The van der Waals surface area contributed by atoms with Crippen LogP contribution in [0.15, 0.2) is 18.2 Å². The Balaban J connectivity index is 2.41. The summed E-state index contributed by atoms with van der Waals surface area (Å²) in [4.78, 5) is 21.8. The van der Waals surface area contributed by atoms with Crippen LogP contribution < -0.4 is 10.1 Å². The van der Waals surface area contributed by atoms with Crippen molar-refractivity contribution in [3.05, 3.63) is 29.6 Å². The molecule has 0 saturated carbocycles. The summed E-state index contributed by atoms with van der Waals surface area (Å²) >= 11 is 0. The molecule has 0 radical (unpaired) electrons. The van der Waals surface area contributed by atoms with Crippen molar-refractivity contribution < 1.29 is 28.6 Å². The molecule has 0 saturated heterocycles. The van der Waals surface area contributed by atoms with Crippen molar-refractivity contribution >= 4 is 11.9 Å². The van der Waals surface area contributed by atoms with Gasteiger partial charge in [0.1, 0.15) is 6.61 Å². The topological polar surface area (TPSA) is 84.9 Å². The van der Waals surface area contributed by atoms with Crippen molar-refractivity contribution in [1.29, 1.82) is 0 Å². The second-order valence-electron chi connectivity index (χ2n) is 3.55. The number of hydrogen-bond donors (Lipinski definition) is 2. The molecule has 19 heavy (non-hydrogen) atoms. The molecule has 0 fully saturated rings. The molecule has 2 N–H and O–H groups in total. The van der Waals surface area contributed by atoms with Crippen LogP contribution in [-0.4, -0.2) is 43.9 Å². The van der Waals surface area contributed by atoms with Crippen LogP contribution in [0.25, 0.3) is 0 Å². The first-order valence-corrected chi connectivity index (χ1v) is 5.46. The number of hydrogen-bond acceptors (Lipinski definition) is 4. The number of rotatable bonds is 7. The maximum absolute atomic E-state index is 13.3. The van der Waals surface area contributed by atoms with Crippen LogP contribution in [0.1, 0.15) is 10.4 Å². The molecular formula is C12H14FNO5. The highest BCUT2D eigenvalue weighted by Crippen LogP contribution is 2.17. The zero-order valence-corrected chi connectivity index (χ0v) is 10.3. The van der Waals surface area contributed by atoms with Crippen LogP contribution in [0.2, 0.25) is 0 Å². The molecule has 0 bridgehead atoms. The first-order valence-electron chi connectivity index (χ1n) is 5.46. The van der Waals surface area contributed by atoms with Gasteiger partial charge in [0.15, 0.2) is 11.6 Å². The fourth-order valence-electron chi connectivity index (χ4n) is 1.31. The number of amides is 1. The maximum Gasteiger partial charge on any atom is 0.329 e. The zero-order valence-electron chi connectivity index (χ0n) is 10.3. The number of methoxy groups -OCH3 is 1. The molecule has 1 aromatic carbocycles. The van der Waals surface area contributed by atoms with E-state index in [0.717, 1.165) is 6.07 Å². The molecule has 0 aliphatic heterocycles. The second-order valence-corrected chi connectivity index (χ2v) is 3.55. The first kappa shape index (κ1) is 14.9. The van der Waals surface area contributed by atoms with E-state index in [4.69, 9.17) is 14.6 Å². The van der Waals surface area contributed by atoms with Gasteiger partial charge in [0, 0.05) is 12.1 Å². The van der Waals surface area contributed by atoms with Gasteiger partial charge in [-0.05, 0) is 18.2 Å². The molecule has 1 aromatic rings. The monoisotopic (exact) mass is 271 g/mol. The number of aliphatic carboxylic acids is 1. The zero-order chi connectivity index (χ0) is 14.3. The minimum atomic E-state index is -1.08. The number of carbonyl (C=O) groups is 2. The highest BCUT2D eigenvalue weighted by Gasteiger charge is 2.09. The maximum atomic E-state index is 13.3. The third kappa shape index (κ3) is 4.92. The van der Waals surface area contributed by atoms with E-state index >= 15 is 0 Å². The highest BCUT2D eigenvalue weighted by atomic mass is 19.1. The lowest BCUT2D eigenvalue weighted by Crippen LogP contribution is -2.28. The molecule has 0 aliphatic carbocycles. The number of carboxylic acid groups (broad SMARTS) is 1. The van der Waals surface area contributed by atoms with E-state index in [9.17, 15) is 14.0 Å². The Kier molecular flexibility index (Phi) is 5.74. The Morgan fingerprint density at radius 3 is 2.74 bits per heavy atom. The van der Waals surface area contributed by atoms with Gasteiger partial charge < -0.3 is 19.9 Å². The predicted molar refractivity (Wildman–Crippen MR) is 63.7 cm³/mol. The molecular weight excluding hydrogens is 257 g/mol. The van der Waals surface area contributed by atoms with Gasteiger partial charge in [-0.1, -0.05) is 0 Å². The van der Waals surface area contributed by atoms with Crippen LogP contribution in [0, 0.1) is 5.82 Å². The average Bonchev–Trinajstić information content (AvgIpc) is 2.37. The van der Waals surface area contributed by atoms with Gasteiger partial charge in [-0.25, -0.2) is 9.18 Å². The average molecular weight is 271 g/mol. The number of halogens is 1. The molecule has 0 aliphatic rings. The molecule has 7 heteroatoms. The lowest BCUT2D eigenvalue weighted by molar-refractivity contribution is -0.142. The van der Waals surface area contributed by atoms with Crippen molar-refractivity contribution in [3.63, 3.8) is 0 Å². The molecule has 0 aromatic heterocycles. The Hall–Kier alpha value is -2.15. The summed E-state index contributed by atoms with van der Waals surface area (Å²) in [5.41, 5.74) is 0.150. The van der Waals surface area contributed by atoms with Crippen molar-refractivity contribution in [3.8, 4) is 5.75 Å². The number of benzene rings is 1. The van der Waals surface area contributed by atoms with Gasteiger partial charge in [0.25, 0.3) is 5.91 Å². The first-order chi connectivity index (χ1) is 9.04. The number of ether oxygens (including phenoxy) is 2. The van der Waals surface area contributed by atoms with Gasteiger partial charge in [-0.15, -0.1) is 0 Å². The molecule has 0 unspecified atom stereocenters. The van der Waals surface area contributed by atoms with Gasteiger partial charge >= 0.3 is 5.97 Å². The van der Waals surface area contributed by atoms with Gasteiger partial charge in [-0.2, -0.15) is 0 Å². The fraction of sp³-hybridized carbons (Fsp3) is 0.333. The number of carbonyl (C=O) groups excluding carboxylic acids is 1. The van der Waals surface area contributed by atoms with E-state index in [2.05, 4.69) is 5.32 Å². The smallest absolute Gasteiger partial charge is 0.329 e. The van der Waals surface area contributed by atoms with Crippen LogP contribution >= 0.6 is 0 Å². The van der Waals surface area contributed by atoms with Crippen molar-refractivity contribution in [2.45, 2.75) is 0 Å². The van der Waals surface area contributed by atoms with Gasteiger partial charge in [-0.3, -0.25) is 4.79 Å². The Labute approximate surface area is 109 Å². The lowest BCUT2D eigenvalue weighted by atomic mass is 10.2. The second kappa shape index (κ2) is 7.32. The van der Waals surface area contributed by atoms with Gasteiger partial charge in [0.2, 0.25) is 0 Å². The van der Waals surface area contributed by atoms with Crippen molar-refractivity contribution in [2.75, 3.05) is 26.9 Å². The van der Waals surface area contributed by atoms with Crippen LogP contribution in [0.4, 0.5) is 4.39 Å². The van der Waals surface area contributed by atoms with E-state index in [1.54, 1.807) is 0 Å².